The molecule has 6 nitrogen and oxygen atoms in total. The van der Waals surface area contributed by atoms with Gasteiger partial charge in [-0.2, -0.15) is 5.10 Å². The number of nitrogens with zero attached hydrogens (tertiary/aromatic N) is 4. The smallest absolute Gasteiger partial charge is 0.212 e. The normalized spacial score (nSPS) is 11.8. The van der Waals surface area contributed by atoms with Gasteiger partial charge in [-0.15, -0.1) is 12.4 Å². The van der Waals surface area contributed by atoms with Crippen LogP contribution in [0.1, 0.15) is 29.6 Å². The molecule has 0 amide bonds. The van der Waals surface area contributed by atoms with Crippen LogP contribution in [0.25, 0.3) is 5.65 Å². The number of rotatable bonds is 6. The summed E-state index contributed by atoms with van der Waals surface area (Å²) in [5.74, 6) is 0. The van der Waals surface area contributed by atoms with Crippen LogP contribution in [0, 0.1) is 13.8 Å². The Balaban J connectivity index is 0.00000280. The van der Waals surface area contributed by atoms with Crippen LogP contribution in [0.3, 0.4) is 0 Å². The lowest BCUT2D eigenvalue weighted by atomic mass is 10.1. The molecule has 0 aliphatic heterocycles. The molecule has 2 aromatic heterocycles. The molecule has 0 spiro atoms. The van der Waals surface area contributed by atoms with E-state index in [4.69, 9.17) is 0 Å². The number of likely N-dealkylation sites (N-methyl/N-ethyl adjacent to an activating group) is 1. The van der Waals surface area contributed by atoms with Crippen LogP contribution in [0.4, 0.5) is 0 Å². The second-order valence-electron chi connectivity index (χ2n) is 7.00. The molecule has 0 N–H and O–H groups in total. The van der Waals surface area contributed by atoms with Crippen molar-refractivity contribution < 1.29 is 8.42 Å². The summed E-state index contributed by atoms with van der Waals surface area (Å²) in [6, 6.07) is 8.49. The Kier molecular flexibility index (Phi) is 6.85. The lowest BCUT2D eigenvalue weighted by Crippen LogP contribution is -2.17. The minimum absolute atomic E-state index is 0. The highest BCUT2D eigenvalue weighted by molar-refractivity contribution is 7.91. The summed E-state index contributed by atoms with van der Waals surface area (Å²) in [7, 11) is 0.373. The number of benzene rings is 1. The van der Waals surface area contributed by atoms with Crippen LogP contribution in [-0.4, -0.2) is 48.6 Å². The summed E-state index contributed by atoms with van der Waals surface area (Å²) in [6.07, 6.45) is 1.37. The Bertz CT molecular complexity index is 1080. The molecule has 0 fully saturated rings. The predicted octanol–water partition coefficient (Wildman–Crippen LogP) is 3.27. The standard InChI is InChI=1S/C20H26N4O2S.ClH/c1-6-18-19(27(25,26)16-10-8-7-9-11-16)20-21-14(2)17(12-13-23(4)5)15(3)24(20)22-18;/h7-11H,6,12-13H2,1-5H3;1H. The van der Waals surface area contributed by atoms with E-state index in [1.165, 1.54) is 0 Å². The van der Waals surface area contributed by atoms with E-state index in [1.807, 2.05) is 34.9 Å². The summed E-state index contributed by atoms with van der Waals surface area (Å²) in [5, 5.41) is 4.61. The summed E-state index contributed by atoms with van der Waals surface area (Å²) in [5.41, 5.74) is 3.89. The van der Waals surface area contributed by atoms with E-state index in [-0.39, 0.29) is 22.2 Å². The Hall–Kier alpha value is -1.96. The van der Waals surface area contributed by atoms with Crippen LogP contribution in [0.5, 0.6) is 0 Å². The summed E-state index contributed by atoms with van der Waals surface area (Å²) in [6.45, 7) is 6.74. The van der Waals surface area contributed by atoms with E-state index in [9.17, 15) is 8.42 Å². The van der Waals surface area contributed by atoms with Crippen LogP contribution in [-0.2, 0) is 22.7 Å². The van der Waals surface area contributed by atoms with Crippen LogP contribution in [0.15, 0.2) is 40.1 Å². The molecule has 1 aromatic carbocycles. The molecule has 0 bridgehead atoms. The first kappa shape index (κ1) is 22.3. The third kappa shape index (κ3) is 3.92. The van der Waals surface area contributed by atoms with E-state index in [0.29, 0.717) is 17.8 Å². The van der Waals surface area contributed by atoms with Crippen molar-refractivity contribution in [3.63, 3.8) is 0 Å². The largest absolute Gasteiger partial charge is 0.309 e. The van der Waals surface area contributed by atoms with Crippen molar-refractivity contribution in [3.8, 4) is 0 Å². The van der Waals surface area contributed by atoms with Crippen molar-refractivity contribution in [3.05, 3.63) is 53.0 Å². The Morgan fingerprint density at radius 3 is 2.32 bits per heavy atom. The van der Waals surface area contributed by atoms with Gasteiger partial charge in [0.2, 0.25) is 9.84 Å². The highest BCUT2D eigenvalue weighted by atomic mass is 35.5. The topological polar surface area (TPSA) is 67.6 Å². The minimum Gasteiger partial charge on any atom is -0.309 e. The van der Waals surface area contributed by atoms with Gasteiger partial charge in [0, 0.05) is 17.9 Å². The van der Waals surface area contributed by atoms with Gasteiger partial charge in [-0.05, 0) is 58.5 Å². The number of halogens is 1. The van der Waals surface area contributed by atoms with Crippen LogP contribution in [0.2, 0.25) is 0 Å². The van der Waals surface area contributed by atoms with Crippen LogP contribution >= 0.6 is 12.4 Å². The zero-order valence-corrected chi connectivity index (χ0v) is 18.6. The van der Waals surface area contributed by atoms with Gasteiger partial charge in [0.1, 0.15) is 4.90 Å². The van der Waals surface area contributed by atoms with Crippen molar-refractivity contribution in [2.24, 2.45) is 0 Å². The van der Waals surface area contributed by atoms with E-state index < -0.39 is 9.84 Å². The van der Waals surface area contributed by atoms with Crippen molar-refractivity contribution in [1.29, 1.82) is 0 Å². The summed E-state index contributed by atoms with van der Waals surface area (Å²) < 4.78 is 28.3. The number of aryl methyl sites for hydroxylation is 3. The first-order valence-corrected chi connectivity index (χ1v) is 10.6. The Morgan fingerprint density at radius 1 is 1.11 bits per heavy atom. The maximum atomic E-state index is 13.3. The van der Waals surface area contributed by atoms with Gasteiger partial charge >= 0.3 is 0 Å². The van der Waals surface area contributed by atoms with Gasteiger partial charge in [0.15, 0.2) is 5.65 Å². The third-order valence-electron chi connectivity index (χ3n) is 4.82. The number of sulfone groups is 1. The van der Waals surface area contributed by atoms with Crippen molar-refractivity contribution in [1.82, 2.24) is 19.5 Å². The quantitative estimate of drug-likeness (QED) is 0.609. The average molecular weight is 423 g/mol. The maximum absolute atomic E-state index is 13.3. The van der Waals surface area contributed by atoms with Crippen molar-refractivity contribution in [2.45, 2.75) is 43.4 Å². The third-order valence-corrected chi connectivity index (χ3v) is 6.67. The predicted molar refractivity (Wildman–Crippen MR) is 113 cm³/mol. The maximum Gasteiger partial charge on any atom is 0.212 e. The highest BCUT2D eigenvalue weighted by Gasteiger charge is 2.29. The van der Waals surface area contributed by atoms with Crippen molar-refractivity contribution >= 4 is 27.9 Å². The van der Waals surface area contributed by atoms with E-state index >= 15 is 0 Å². The van der Waals surface area contributed by atoms with Crippen molar-refractivity contribution in [2.75, 3.05) is 20.6 Å². The van der Waals surface area contributed by atoms with Gasteiger partial charge < -0.3 is 4.90 Å². The molecule has 0 atom stereocenters. The van der Waals surface area contributed by atoms with Crippen LogP contribution < -0.4 is 0 Å². The van der Waals surface area contributed by atoms with Gasteiger partial charge in [-0.3, -0.25) is 0 Å². The molecule has 28 heavy (non-hydrogen) atoms. The second kappa shape index (κ2) is 8.59. The molecule has 3 rings (SSSR count). The molecule has 0 unspecified atom stereocenters. The summed E-state index contributed by atoms with van der Waals surface area (Å²) >= 11 is 0. The van der Waals surface area contributed by atoms with E-state index in [1.54, 1.807) is 34.8 Å². The zero-order chi connectivity index (χ0) is 19.8. The number of aromatic nitrogens is 3. The molecule has 0 radical (unpaired) electrons. The summed E-state index contributed by atoms with van der Waals surface area (Å²) in [4.78, 5) is 7.29. The molecule has 0 aliphatic carbocycles. The highest BCUT2D eigenvalue weighted by Crippen LogP contribution is 2.29. The molecule has 0 saturated heterocycles. The second-order valence-corrected chi connectivity index (χ2v) is 8.88. The molecule has 8 heteroatoms. The fourth-order valence-electron chi connectivity index (χ4n) is 3.31. The Morgan fingerprint density at radius 2 is 1.75 bits per heavy atom. The molecular formula is C20H27ClN4O2S. The SMILES string of the molecule is CCc1nn2c(C)c(CCN(C)C)c(C)nc2c1S(=O)(=O)c1ccccc1.Cl. The van der Waals surface area contributed by atoms with Gasteiger partial charge in [0.25, 0.3) is 0 Å². The van der Waals surface area contributed by atoms with E-state index in [0.717, 1.165) is 29.9 Å². The van der Waals surface area contributed by atoms with Gasteiger partial charge in [0.05, 0.1) is 10.6 Å². The fourth-order valence-corrected chi connectivity index (χ4v) is 4.93. The molecule has 0 aliphatic rings. The van der Waals surface area contributed by atoms with E-state index in [2.05, 4.69) is 15.0 Å². The first-order chi connectivity index (χ1) is 12.8. The lowest BCUT2D eigenvalue weighted by Gasteiger charge is -2.14. The molecule has 2 heterocycles. The lowest BCUT2D eigenvalue weighted by molar-refractivity contribution is 0.412. The van der Waals surface area contributed by atoms with Gasteiger partial charge in [-0.25, -0.2) is 17.9 Å². The molecule has 152 valence electrons. The number of hydrogen-bond donors (Lipinski definition) is 0. The number of fused-ring (bicyclic) bond motifs is 1. The first-order valence-electron chi connectivity index (χ1n) is 9.10. The molecule has 3 aromatic rings. The number of hydrogen-bond acceptors (Lipinski definition) is 5. The monoisotopic (exact) mass is 422 g/mol. The fraction of sp³-hybridized carbons (Fsp3) is 0.400. The molecule has 0 saturated carbocycles. The zero-order valence-electron chi connectivity index (χ0n) is 16.9. The average Bonchev–Trinajstić information content (AvgIpc) is 3.01. The molecular weight excluding hydrogens is 396 g/mol. The van der Waals surface area contributed by atoms with Gasteiger partial charge in [-0.1, -0.05) is 25.1 Å². The Labute approximate surface area is 172 Å². The minimum atomic E-state index is -3.69.